The smallest absolute Gasteiger partial charge is 0.242 e. The van der Waals surface area contributed by atoms with Crippen molar-refractivity contribution >= 4 is 10.0 Å². The van der Waals surface area contributed by atoms with Crippen LogP contribution in [0.15, 0.2) is 29.2 Å². The molecule has 1 atom stereocenters. The minimum absolute atomic E-state index is 0.160. The number of hydrogen-bond acceptors (Lipinski definition) is 4. The van der Waals surface area contributed by atoms with Gasteiger partial charge in [-0.15, -0.1) is 0 Å². The molecule has 0 aliphatic heterocycles. The van der Waals surface area contributed by atoms with E-state index >= 15 is 0 Å². The molecule has 0 amide bonds. The molecule has 0 spiro atoms. The van der Waals surface area contributed by atoms with Gasteiger partial charge < -0.3 is 5.73 Å². The number of nitrogens with two attached hydrogens (primary N) is 1. The third-order valence-electron chi connectivity index (χ3n) is 2.65. The second kappa shape index (κ2) is 7.06. The number of benzene rings is 1. The van der Waals surface area contributed by atoms with E-state index in [1.807, 2.05) is 6.07 Å². The standard InChI is InChI=1S/C14H17N3O2S/c1-12(10-16)11-17(2)20(18,19)14-7-5-13(6-8-14)4-3-9-15/h5-8,12H,9,11,15H2,1-2H3. The highest BCUT2D eigenvalue weighted by atomic mass is 32.2. The van der Waals surface area contributed by atoms with Gasteiger partial charge in [-0.3, -0.25) is 0 Å². The minimum atomic E-state index is -3.57. The first-order valence-electron chi connectivity index (χ1n) is 6.06. The highest BCUT2D eigenvalue weighted by molar-refractivity contribution is 7.89. The normalized spacial score (nSPS) is 12.3. The number of sulfonamides is 1. The number of rotatable bonds is 4. The van der Waals surface area contributed by atoms with Gasteiger partial charge in [0.25, 0.3) is 0 Å². The SMILES string of the molecule is CC(C#N)CN(C)S(=O)(=O)c1ccc(C#CCN)cc1. The van der Waals surface area contributed by atoms with Gasteiger partial charge in [0.2, 0.25) is 10.0 Å². The van der Waals surface area contributed by atoms with Crippen molar-refractivity contribution < 1.29 is 8.42 Å². The van der Waals surface area contributed by atoms with E-state index in [4.69, 9.17) is 11.0 Å². The van der Waals surface area contributed by atoms with Gasteiger partial charge in [-0.2, -0.15) is 9.57 Å². The molecule has 6 heteroatoms. The topological polar surface area (TPSA) is 87.2 Å². The van der Waals surface area contributed by atoms with E-state index in [1.165, 1.54) is 23.5 Å². The maximum Gasteiger partial charge on any atom is 0.242 e. The Labute approximate surface area is 120 Å². The Balaban J connectivity index is 2.96. The van der Waals surface area contributed by atoms with Crippen LogP contribution in [0.1, 0.15) is 12.5 Å². The van der Waals surface area contributed by atoms with Crippen molar-refractivity contribution in [1.29, 1.82) is 5.26 Å². The summed E-state index contributed by atoms with van der Waals surface area (Å²) in [7, 11) is -2.11. The predicted molar refractivity (Wildman–Crippen MR) is 77.0 cm³/mol. The van der Waals surface area contributed by atoms with Gasteiger partial charge in [-0.1, -0.05) is 11.8 Å². The zero-order chi connectivity index (χ0) is 15.2. The van der Waals surface area contributed by atoms with Gasteiger partial charge in [0.1, 0.15) is 0 Å². The van der Waals surface area contributed by atoms with Gasteiger partial charge in [-0.25, -0.2) is 8.42 Å². The molecule has 0 saturated carbocycles. The van der Waals surface area contributed by atoms with Gasteiger partial charge in [0, 0.05) is 19.2 Å². The first-order valence-corrected chi connectivity index (χ1v) is 7.50. The monoisotopic (exact) mass is 291 g/mol. The molecule has 0 aliphatic carbocycles. The quantitative estimate of drug-likeness (QED) is 0.830. The lowest BCUT2D eigenvalue weighted by molar-refractivity contribution is 0.439. The summed E-state index contributed by atoms with van der Waals surface area (Å²) in [6.07, 6.45) is 0. The van der Waals surface area contributed by atoms with Crippen molar-refractivity contribution in [1.82, 2.24) is 4.31 Å². The molecule has 0 bridgehead atoms. The maximum atomic E-state index is 12.3. The Hall–Kier alpha value is -1.86. The summed E-state index contributed by atoms with van der Waals surface area (Å²) >= 11 is 0. The summed E-state index contributed by atoms with van der Waals surface area (Å²) in [5.41, 5.74) is 5.98. The van der Waals surface area contributed by atoms with E-state index in [2.05, 4.69) is 11.8 Å². The van der Waals surface area contributed by atoms with Crippen molar-refractivity contribution in [3.8, 4) is 17.9 Å². The van der Waals surface area contributed by atoms with Crippen LogP contribution in [0.5, 0.6) is 0 Å². The van der Waals surface area contributed by atoms with Crippen molar-refractivity contribution in [3.63, 3.8) is 0 Å². The minimum Gasteiger partial charge on any atom is -0.320 e. The van der Waals surface area contributed by atoms with E-state index in [0.29, 0.717) is 5.56 Å². The van der Waals surface area contributed by atoms with Crippen molar-refractivity contribution in [2.24, 2.45) is 11.7 Å². The summed E-state index contributed by atoms with van der Waals surface area (Å²) in [5.74, 6) is 5.17. The molecule has 0 aromatic heterocycles. The van der Waals surface area contributed by atoms with Crippen LogP contribution >= 0.6 is 0 Å². The van der Waals surface area contributed by atoms with Gasteiger partial charge in [0.15, 0.2) is 0 Å². The molecule has 20 heavy (non-hydrogen) atoms. The molecule has 0 aliphatic rings. The van der Waals surface area contributed by atoms with Crippen LogP contribution in [0.2, 0.25) is 0 Å². The molecule has 1 unspecified atom stereocenters. The van der Waals surface area contributed by atoms with Crippen molar-refractivity contribution in [2.45, 2.75) is 11.8 Å². The molecule has 1 aromatic rings. The van der Waals surface area contributed by atoms with Gasteiger partial charge in [-0.05, 0) is 31.2 Å². The number of nitrogens with zero attached hydrogens (tertiary/aromatic N) is 2. The Bertz CT molecular complexity index is 648. The maximum absolute atomic E-state index is 12.3. The zero-order valence-corrected chi connectivity index (χ0v) is 12.3. The number of hydrogen-bond donors (Lipinski definition) is 1. The fraction of sp³-hybridized carbons (Fsp3) is 0.357. The molecule has 5 nitrogen and oxygen atoms in total. The summed E-state index contributed by atoms with van der Waals surface area (Å²) in [4.78, 5) is 0.184. The van der Waals surface area contributed by atoms with Gasteiger partial charge in [0.05, 0.1) is 23.4 Å². The van der Waals surface area contributed by atoms with E-state index in [1.54, 1.807) is 19.1 Å². The second-order valence-electron chi connectivity index (χ2n) is 4.35. The second-order valence-corrected chi connectivity index (χ2v) is 6.39. The third-order valence-corrected chi connectivity index (χ3v) is 4.49. The molecule has 2 N–H and O–H groups in total. The molecule has 1 aromatic carbocycles. The highest BCUT2D eigenvalue weighted by Crippen LogP contribution is 2.16. The first-order chi connectivity index (χ1) is 9.41. The molecule has 0 heterocycles. The zero-order valence-electron chi connectivity index (χ0n) is 11.5. The molecule has 1 rings (SSSR count). The van der Waals surface area contributed by atoms with Crippen LogP contribution in [0.25, 0.3) is 0 Å². The van der Waals surface area contributed by atoms with E-state index in [9.17, 15) is 8.42 Å². The summed E-state index contributed by atoms with van der Waals surface area (Å²) in [6, 6.07) is 8.29. The van der Waals surface area contributed by atoms with E-state index in [0.717, 1.165) is 0 Å². The summed E-state index contributed by atoms with van der Waals surface area (Å²) in [5, 5.41) is 8.74. The first kappa shape index (κ1) is 16.2. The predicted octanol–water partition coefficient (Wildman–Crippen LogP) is 0.777. The molecular weight excluding hydrogens is 274 g/mol. The Morgan fingerprint density at radius 2 is 1.95 bits per heavy atom. The Morgan fingerprint density at radius 1 is 1.35 bits per heavy atom. The lowest BCUT2D eigenvalue weighted by atomic mass is 10.2. The Kier molecular flexibility index (Phi) is 5.72. The van der Waals surface area contributed by atoms with E-state index in [-0.39, 0.29) is 23.9 Å². The van der Waals surface area contributed by atoms with Gasteiger partial charge >= 0.3 is 0 Å². The van der Waals surface area contributed by atoms with Crippen LogP contribution in [0.3, 0.4) is 0 Å². The van der Waals surface area contributed by atoms with Crippen LogP contribution in [0, 0.1) is 29.1 Å². The van der Waals surface area contributed by atoms with Crippen molar-refractivity contribution in [3.05, 3.63) is 29.8 Å². The van der Waals surface area contributed by atoms with Crippen LogP contribution in [0.4, 0.5) is 0 Å². The molecular formula is C14H17N3O2S. The molecule has 106 valence electrons. The average Bonchev–Trinajstić information content (AvgIpc) is 2.45. The van der Waals surface area contributed by atoms with Crippen LogP contribution in [-0.2, 0) is 10.0 Å². The molecule has 0 fully saturated rings. The lowest BCUT2D eigenvalue weighted by Gasteiger charge is -2.18. The fourth-order valence-electron chi connectivity index (χ4n) is 1.57. The fourth-order valence-corrected chi connectivity index (χ4v) is 2.83. The van der Waals surface area contributed by atoms with E-state index < -0.39 is 10.0 Å². The van der Waals surface area contributed by atoms with Crippen LogP contribution in [-0.4, -0.2) is 32.9 Å². The lowest BCUT2D eigenvalue weighted by Crippen LogP contribution is -2.30. The molecule has 0 saturated heterocycles. The highest BCUT2D eigenvalue weighted by Gasteiger charge is 2.22. The average molecular weight is 291 g/mol. The summed E-state index contributed by atoms with van der Waals surface area (Å²) < 4.78 is 25.7. The van der Waals surface area contributed by atoms with Crippen LogP contribution < -0.4 is 5.73 Å². The molecule has 0 radical (unpaired) electrons. The Morgan fingerprint density at radius 3 is 2.45 bits per heavy atom. The number of nitriles is 1. The largest absolute Gasteiger partial charge is 0.320 e. The third kappa shape index (κ3) is 4.07. The van der Waals surface area contributed by atoms with Crippen molar-refractivity contribution in [2.75, 3.05) is 20.1 Å². The summed E-state index contributed by atoms with van der Waals surface area (Å²) in [6.45, 7) is 2.10.